The summed E-state index contributed by atoms with van der Waals surface area (Å²) in [4.78, 5) is 25.3. The molecule has 1 atom stereocenters. The van der Waals surface area contributed by atoms with E-state index in [2.05, 4.69) is 0 Å². The van der Waals surface area contributed by atoms with E-state index >= 15 is 0 Å². The van der Waals surface area contributed by atoms with Crippen LogP contribution in [0.5, 0.6) is 0 Å². The molecule has 4 heteroatoms. The summed E-state index contributed by atoms with van der Waals surface area (Å²) in [6.07, 6.45) is 1.53. The smallest absolute Gasteiger partial charge is 0.220 e. The molecule has 0 aromatic heterocycles. The van der Waals surface area contributed by atoms with E-state index in [-0.39, 0.29) is 23.5 Å². The third-order valence-corrected chi connectivity index (χ3v) is 3.40. The maximum Gasteiger partial charge on any atom is 0.220 e. The van der Waals surface area contributed by atoms with Gasteiger partial charge in [-0.1, -0.05) is 0 Å². The second kappa shape index (κ2) is 4.88. The highest BCUT2D eigenvalue weighted by atomic mass is 19.1. The van der Waals surface area contributed by atoms with E-state index in [1.807, 2.05) is 0 Å². The van der Waals surface area contributed by atoms with Gasteiger partial charge >= 0.3 is 0 Å². The Hall–Kier alpha value is -1.71. The number of aryl methyl sites for hydroxylation is 1. The molecular formula is C14H16FNO2. The maximum atomic E-state index is 13.2. The van der Waals surface area contributed by atoms with Crippen molar-refractivity contribution in [2.24, 2.45) is 0 Å². The predicted octanol–water partition coefficient (Wildman–Crippen LogP) is 2.33. The van der Waals surface area contributed by atoms with Gasteiger partial charge in [0.15, 0.2) is 5.78 Å². The van der Waals surface area contributed by atoms with E-state index in [0.29, 0.717) is 24.1 Å². The molecule has 96 valence electrons. The van der Waals surface area contributed by atoms with Gasteiger partial charge in [-0.25, -0.2) is 4.39 Å². The van der Waals surface area contributed by atoms with E-state index < -0.39 is 0 Å². The number of benzene rings is 1. The third kappa shape index (κ3) is 2.28. The molecule has 1 aromatic rings. The number of carbonyl (C=O) groups is 2. The number of halogens is 1. The van der Waals surface area contributed by atoms with Crippen molar-refractivity contribution in [2.75, 3.05) is 6.54 Å². The predicted molar refractivity (Wildman–Crippen MR) is 65.9 cm³/mol. The Bertz CT molecular complexity index is 499. The minimum atomic E-state index is -0.382. The molecule has 1 saturated heterocycles. The molecule has 2 rings (SSSR count). The molecule has 0 aliphatic carbocycles. The van der Waals surface area contributed by atoms with E-state index in [4.69, 9.17) is 0 Å². The molecule has 1 aromatic carbocycles. The van der Waals surface area contributed by atoms with E-state index in [0.717, 1.165) is 6.42 Å². The summed E-state index contributed by atoms with van der Waals surface area (Å²) in [7, 11) is 0. The fraction of sp³-hybridized carbons (Fsp3) is 0.429. The van der Waals surface area contributed by atoms with E-state index in [1.54, 1.807) is 17.9 Å². The molecule has 0 spiro atoms. The van der Waals surface area contributed by atoms with Crippen LogP contribution in [0.3, 0.4) is 0 Å². The lowest BCUT2D eigenvalue weighted by Crippen LogP contribution is -2.39. The Balaban J connectivity index is 2.25. The number of nitrogens with zero attached hydrogens (tertiary/aromatic N) is 1. The summed E-state index contributed by atoms with van der Waals surface area (Å²) in [6, 6.07) is 3.96. The summed E-state index contributed by atoms with van der Waals surface area (Å²) in [5.41, 5.74) is 0.931. The summed E-state index contributed by atoms with van der Waals surface area (Å²) >= 11 is 0. The Morgan fingerprint density at radius 2 is 2.11 bits per heavy atom. The molecule has 0 radical (unpaired) electrons. The summed E-state index contributed by atoms with van der Waals surface area (Å²) in [5.74, 6) is -0.489. The van der Waals surface area contributed by atoms with Crippen LogP contribution in [0.25, 0.3) is 0 Å². The molecule has 1 amide bonds. The minimum Gasteiger partial charge on any atom is -0.333 e. The Kier molecular flexibility index (Phi) is 3.45. The fourth-order valence-corrected chi connectivity index (χ4v) is 2.41. The summed E-state index contributed by atoms with van der Waals surface area (Å²) in [6.45, 7) is 3.73. The Morgan fingerprint density at radius 3 is 2.72 bits per heavy atom. The zero-order valence-electron chi connectivity index (χ0n) is 10.6. The zero-order chi connectivity index (χ0) is 13.3. The molecule has 3 nitrogen and oxygen atoms in total. The van der Waals surface area contributed by atoms with Crippen molar-refractivity contribution in [3.8, 4) is 0 Å². The molecule has 0 N–H and O–H groups in total. The highest BCUT2D eigenvalue weighted by Gasteiger charge is 2.32. The first-order valence-corrected chi connectivity index (χ1v) is 6.08. The average molecular weight is 249 g/mol. The molecule has 0 bridgehead atoms. The van der Waals surface area contributed by atoms with Crippen molar-refractivity contribution in [3.63, 3.8) is 0 Å². The first kappa shape index (κ1) is 12.7. The minimum absolute atomic E-state index is 0.0790. The molecule has 0 saturated carbocycles. The molecule has 1 heterocycles. The van der Waals surface area contributed by atoms with Gasteiger partial charge in [0.2, 0.25) is 5.91 Å². The Morgan fingerprint density at radius 1 is 1.39 bits per heavy atom. The molecule has 1 unspecified atom stereocenters. The van der Waals surface area contributed by atoms with Gasteiger partial charge in [-0.3, -0.25) is 9.59 Å². The van der Waals surface area contributed by atoms with Crippen LogP contribution >= 0.6 is 0 Å². The molecule has 1 fully saturated rings. The van der Waals surface area contributed by atoms with E-state index in [1.165, 1.54) is 19.1 Å². The largest absolute Gasteiger partial charge is 0.333 e. The quantitative estimate of drug-likeness (QED) is 0.754. The van der Waals surface area contributed by atoms with Crippen LogP contribution in [0.15, 0.2) is 18.2 Å². The molecular weight excluding hydrogens is 233 g/mol. The number of rotatable bonds is 2. The number of carbonyl (C=O) groups excluding carboxylic acids is 2. The fourth-order valence-electron chi connectivity index (χ4n) is 2.41. The second-order valence-corrected chi connectivity index (χ2v) is 4.70. The van der Waals surface area contributed by atoms with E-state index in [9.17, 15) is 14.0 Å². The van der Waals surface area contributed by atoms with Crippen LogP contribution in [0, 0.1) is 12.7 Å². The van der Waals surface area contributed by atoms with Crippen molar-refractivity contribution in [2.45, 2.75) is 32.7 Å². The maximum absolute atomic E-state index is 13.2. The third-order valence-electron chi connectivity index (χ3n) is 3.40. The number of hydrogen-bond acceptors (Lipinski definition) is 2. The van der Waals surface area contributed by atoms with Crippen LogP contribution in [-0.2, 0) is 4.79 Å². The normalized spacial score (nSPS) is 19.1. The lowest BCUT2D eigenvalue weighted by molar-refractivity contribution is -0.128. The second-order valence-electron chi connectivity index (χ2n) is 4.70. The lowest BCUT2D eigenvalue weighted by Gasteiger charge is -2.22. The molecule has 1 aliphatic heterocycles. The molecule has 1 aliphatic rings. The topological polar surface area (TPSA) is 37.4 Å². The van der Waals surface area contributed by atoms with Crippen molar-refractivity contribution >= 4 is 11.7 Å². The SMILES string of the molecule is CC(=O)N1CCCC1C(=O)c1ccc(F)c(C)c1. The summed E-state index contributed by atoms with van der Waals surface area (Å²) in [5, 5.41) is 0. The van der Waals surface area contributed by atoms with Gasteiger partial charge in [0.1, 0.15) is 5.82 Å². The van der Waals surface area contributed by atoms with Crippen molar-refractivity contribution in [1.29, 1.82) is 0 Å². The zero-order valence-corrected chi connectivity index (χ0v) is 10.6. The first-order valence-electron chi connectivity index (χ1n) is 6.08. The van der Waals surface area contributed by atoms with Crippen LogP contribution < -0.4 is 0 Å². The number of likely N-dealkylation sites (tertiary alicyclic amines) is 1. The van der Waals surface area contributed by atoms with Gasteiger partial charge in [0.25, 0.3) is 0 Å². The van der Waals surface area contributed by atoms with Gasteiger partial charge in [0, 0.05) is 19.0 Å². The number of amides is 1. The van der Waals surface area contributed by atoms with Gasteiger partial charge in [-0.15, -0.1) is 0 Å². The highest BCUT2D eigenvalue weighted by Crippen LogP contribution is 2.22. The number of ketones is 1. The standard InChI is InChI=1S/C14H16FNO2/c1-9-8-11(5-6-12(9)15)14(18)13-4-3-7-16(13)10(2)17/h5-6,8,13H,3-4,7H2,1-2H3. The van der Waals surface area contributed by atoms with Gasteiger partial charge in [-0.05, 0) is 43.5 Å². The molecule has 18 heavy (non-hydrogen) atoms. The van der Waals surface area contributed by atoms with Crippen LogP contribution in [-0.4, -0.2) is 29.2 Å². The van der Waals surface area contributed by atoms with Crippen molar-refractivity contribution < 1.29 is 14.0 Å². The van der Waals surface area contributed by atoms with Gasteiger partial charge < -0.3 is 4.90 Å². The van der Waals surface area contributed by atoms with Crippen molar-refractivity contribution in [3.05, 3.63) is 35.1 Å². The highest BCUT2D eigenvalue weighted by molar-refractivity contribution is 6.02. The monoisotopic (exact) mass is 249 g/mol. The average Bonchev–Trinajstić information content (AvgIpc) is 2.81. The van der Waals surface area contributed by atoms with Crippen LogP contribution in [0.1, 0.15) is 35.7 Å². The van der Waals surface area contributed by atoms with Crippen molar-refractivity contribution in [1.82, 2.24) is 4.90 Å². The van der Waals surface area contributed by atoms with Gasteiger partial charge in [-0.2, -0.15) is 0 Å². The summed E-state index contributed by atoms with van der Waals surface area (Å²) < 4.78 is 13.2. The van der Waals surface area contributed by atoms with Gasteiger partial charge in [0.05, 0.1) is 6.04 Å². The number of Topliss-reactive ketones (excluding diaryl/α,β-unsaturated/α-hetero) is 1. The number of hydrogen-bond donors (Lipinski definition) is 0. The Labute approximate surface area is 106 Å². The van der Waals surface area contributed by atoms with Crippen LogP contribution in [0.4, 0.5) is 4.39 Å². The van der Waals surface area contributed by atoms with Crippen LogP contribution in [0.2, 0.25) is 0 Å². The lowest BCUT2D eigenvalue weighted by atomic mass is 10.0. The first-order chi connectivity index (χ1) is 8.50.